The molecule has 0 saturated heterocycles. The van der Waals surface area contributed by atoms with E-state index in [-0.39, 0.29) is 23.3 Å². The monoisotopic (exact) mass is 400 g/mol. The van der Waals surface area contributed by atoms with Crippen LogP contribution in [0.2, 0.25) is 0 Å². The first-order chi connectivity index (χ1) is 13.0. The average Bonchev–Trinajstić information content (AvgIpc) is 3.08. The van der Waals surface area contributed by atoms with E-state index >= 15 is 0 Å². The zero-order chi connectivity index (χ0) is 19.2. The zero-order valence-electron chi connectivity index (χ0n) is 14.8. The normalized spacial score (nSPS) is 10.7. The van der Waals surface area contributed by atoms with E-state index in [4.69, 9.17) is 11.5 Å². The molecule has 0 bridgehead atoms. The van der Waals surface area contributed by atoms with Gasteiger partial charge in [0.2, 0.25) is 5.91 Å². The summed E-state index contributed by atoms with van der Waals surface area (Å²) in [6.45, 7) is 2.16. The van der Waals surface area contributed by atoms with Crippen LogP contribution in [0, 0.1) is 0 Å². The van der Waals surface area contributed by atoms with Gasteiger partial charge in [0.15, 0.2) is 10.3 Å². The minimum Gasteiger partial charge on any atom is -0.383 e. The Morgan fingerprint density at radius 3 is 2.52 bits per heavy atom. The number of thiazole rings is 1. The van der Waals surface area contributed by atoms with Crippen molar-refractivity contribution in [1.82, 2.24) is 15.0 Å². The van der Waals surface area contributed by atoms with Gasteiger partial charge < -0.3 is 16.8 Å². The van der Waals surface area contributed by atoms with Gasteiger partial charge in [-0.3, -0.25) is 4.79 Å². The van der Waals surface area contributed by atoms with Crippen LogP contribution < -0.4 is 16.8 Å². The molecule has 2 heterocycles. The first kappa shape index (κ1) is 19.1. The Morgan fingerprint density at radius 1 is 1.15 bits per heavy atom. The molecular weight excluding hydrogens is 380 g/mol. The summed E-state index contributed by atoms with van der Waals surface area (Å²) >= 11 is 2.56. The molecule has 0 aliphatic carbocycles. The third-order valence-corrected chi connectivity index (χ3v) is 5.22. The van der Waals surface area contributed by atoms with Gasteiger partial charge in [-0.05, 0) is 12.0 Å². The second kappa shape index (κ2) is 8.83. The number of hydrogen-bond donors (Lipinski definition) is 3. The number of hydrogen-bond acceptors (Lipinski definition) is 8. The highest BCUT2D eigenvalue weighted by Gasteiger charge is 2.10. The van der Waals surface area contributed by atoms with Gasteiger partial charge in [-0.25, -0.2) is 15.0 Å². The summed E-state index contributed by atoms with van der Waals surface area (Å²) in [4.78, 5) is 24.7. The molecular formula is C18H20N6OS2. The molecule has 7 nitrogen and oxygen atoms in total. The van der Waals surface area contributed by atoms with Crippen molar-refractivity contribution in [3.05, 3.63) is 41.3 Å². The maximum absolute atomic E-state index is 12.1. The maximum atomic E-state index is 12.1. The van der Waals surface area contributed by atoms with E-state index in [1.165, 1.54) is 34.7 Å². The van der Waals surface area contributed by atoms with Crippen molar-refractivity contribution in [1.29, 1.82) is 0 Å². The van der Waals surface area contributed by atoms with Crippen molar-refractivity contribution >= 4 is 45.8 Å². The molecule has 0 aliphatic heterocycles. The smallest absolute Gasteiger partial charge is 0.236 e. The Kier molecular flexibility index (Phi) is 6.25. The van der Waals surface area contributed by atoms with Crippen LogP contribution in [0.5, 0.6) is 0 Å². The number of benzene rings is 1. The molecule has 0 unspecified atom stereocenters. The lowest BCUT2D eigenvalue weighted by molar-refractivity contribution is -0.113. The predicted octanol–water partition coefficient (Wildman–Crippen LogP) is 3.45. The molecule has 1 aromatic carbocycles. The molecule has 0 fully saturated rings. The third kappa shape index (κ3) is 5.41. The van der Waals surface area contributed by atoms with Crippen LogP contribution in [-0.4, -0.2) is 26.6 Å². The van der Waals surface area contributed by atoms with Gasteiger partial charge in [-0.1, -0.05) is 49.4 Å². The fourth-order valence-corrected chi connectivity index (χ4v) is 3.81. The van der Waals surface area contributed by atoms with Crippen molar-refractivity contribution in [2.24, 2.45) is 0 Å². The van der Waals surface area contributed by atoms with E-state index in [0.29, 0.717) is 10.3 Å². The van der Waals surface area contributed by atoms with Crippen LogP contribution in [0.25, 0.3) is 11.3 Å². The van der Waals surface area contributed by atoms with Crippen molar-refractivity contribution in [3.8, 4) is 11.3 Å². The van der Waals surface area contributed by atoms with Crippen LogP contribution in [0.1, 0.15) is 18.9 Å². The van der Waals surface area contributed by atoms with E-state index in [1.54, 1.807) is 0 Å². The topological polar surface area (TPSA) is 120 Å². The van der Waals surface area contributed by atoms with Gasteiger partial charge in [0.1, 0.15) is 11.6 Å². The van der Waals surface area contributed by atoms with Crippen molar-refractivity contribution in [2.45, 2.75) is 24.9 Å². The summed E-state index contributed by atoms with van der Waals surface area (Å²) in [6.07, 6.45) is 2.19. The molecule has 2 aromatic heterocycles. The van der Waals surface area contributed by atoms with E-state index in [0.717, 1.165) is 24.1 Å². The lowest BCUT2D eigenvalue weighted by atomic mass is 10.1. The molecule has 5 N–H and O–H groups in total. The van der Waals surface area contributed by atoms with E-state index in [9.17, 15) is 4.79 Å². The molecule has 0 atom stereocenters. The van der Waals surface area contributed by atoms with Gasteiger partial charge in [0, 0.05) is 17.0 Å². The van der Waals surface area contributed by atoms with E-state index in [2.05, 4.69) is 51.5 Å². The quantitative estimate of drug-likeness (QED) is 0.410. The number of aromatic nitrogens is 3. The first-order valence-corrected chi connectivity index (χ1v) is 10.3. The van der Waals surface area contributed by atoms with Crippen LogP contribution >= 0.6 is 23.1 Å². The summed E-state index contributed by atoms with van der Waals surface area (Å²) in [6, 6.07) is 9.82. The molecule has 0 saturated carbocycles. The Hall–Kier alpha value is -2.65. The summed E-state index contributed by atoms with van der Waals surface area (Å²) in [7, 11) is 0. The summed E-state index contributed by atoms with van der Waals surface area (Å²) < 4.78 is 0. The molecule has 0 aliphatic rings. The molecule has 0 radical (unpaired) electrons. The number of carbonyl (C=O) groups excluding carboxylic acids is 1. The number of nitrogens with one attached hydrogen (secondary N) is 1. The Balaban J connectivity index is 1.57. The lowest BCUT2D eigenvalue weighted by Crippen LogP contribution is -2.14. The largest absolute Gasteiger partial charge is 0.383 e. The second-order valence-corrected chi connectivity index (χ2v) is 7.62. The zero-order valence-corrected chi connectivity index (χ0v) is 16.4. The van der Waals surface area contributed by atoms with Gasteiger partial charge in [-0.15, -0.1) is 11.3 Å². The molecule has 9 heteroatoms. The van der Waals surface area contributed by atoms with Crippen molar-refractivity contribution in [3.63, 3.8) is 0 Å². The van der Waals surface area contributed by atoms with Crippen LogP contribution in [-0.2, 0) is 11.2 Å². The number of nitrogens with zero attached hydrogens (tertiary/aromatic N) is 3. The van der Waals surface area contributed by atoms with Gasteiger partial charge in [-0.2, -0.15) is 0 Å². The predicted molar refractivity (Wildman–Crippen MR) is 112 cm³/mol. The Labute approximate surface area is 165 Å². The fraction of sp³-hybridized carbons (Fsp3) is 0.222. The van der Waals surface area contributed by atoms with Crippen molar-refractivity contribution < 1.29 is 4.79 Å². The van der Waals surface area contributed by atoms with Crippen LogP contribution in [0.15, 0.2) is 40.9 Å². The van der Waals surface area contributed by atoms with Crippen LogP contribution in [0.3, 0.4) is 0 Å². The Bertz CT molecular complexity index is 906. The number of nitrogens with two attached hydrogens (primary N) is 2. The summed E-state index contributed by atoms with van der Waals surface area (Å²) in [5, 5.41) is 5.65. The van der Waals surface area contributed by atoms with E-state index in [1.807, 2.05) is 5.38 Å². The number of aryl methyl sites for hydroxylation is 1. The maximum Gasteiger partial charge on any atom is 0.236 e. The number of thioether (sulfide) groups is 1. The second-order valence-electron chi connectivity index (χ2n) is 5.82. The Morgan fingerprint density at radius 2 is 1.85 bits per heavy atom. The summed E-state index contributed by atoms with van der Waals surface area (Å²) in [5.41, 5.74) is 14.4. The number of anilines is 3. The highest BCUT2D eigenvalue weighted by atomic mass is 32.2. The minimum atomic E-state index is -0.191. The molecule has 0 spiro atoms. The number of amides is 1. The summed E-state index contributed by atoms with van der Waals surface area (Å²) in [5.74, 6) is 0.507. The SMILES string of the molecule is CCCc1ccc(-c2csc(NC(=O)CSc3nc(N)cc(N)n3)n2)cc1. The number of carbonyl (C=O) groups is 1. The first-order valence-electron chi connectivity index (χ1n) is 8.41. The van der Waals surface area contributed by atoms with Crippen LogP contribution in [0.4, 0.5) is 16.8 Å². The average molecular weight is 401 g/mol. The molecule has 140 valence electrons. The molecule has 3 aromatic rings. The number of rotatable bonds is 7. The highest BCUT2D eigenvalue weighted by molar-refractivity contribution is 7.99. The molecule has 27 heavy (non-hydrogen) atoms. The standard InChI is InChI=1S/C18H20N6OS2/c1-2-3-11-4-6-12(7-5-11)13-9-26-17(21-13)24-16(25)10-27-18-22-14(19)8-15(20)23-18/h4-9H,2-3,10H2,1H3,(H,21,24,25)(H4,19,20,22,23). The van der Waals surface area contributed by atoms with E-state index < -0.39 is 0 Å². The fourth-order valence-electron chi connectivity index (χ4n) is 2.41. The van der Waals surface area contributed by atoms with Crippen molar-refractivity contribution in [2.75, 3.05) is 22.5 Å². The van der Waals surface area contributed by atoms with Gasteiger partial charge in [0.25, 0.3) is 0 Å². The molecule has 3 rings (SSSR count). The minimum absolute atomic E-state index is 0.142. The van der Waals surface area contributed by atoms with Gasteiger partial charge >= 0.3 is 0 Å². The van der Waals surface area contributed by atoms with Gasteiger partial charge in [0.05, 0.1) is 11.4 Å². The lowest BCUT2D eigenvalue weighted by Gasteiger charge is -2.03. The third-order valence-electron chi connectivity index (χ3n) is 3.62. The highest BCUT2D eigenvalue weighted by Crippen LogP contribution is 2.26. The number of nitrogen functional groups attached to an aromatic ring is 2. The molecule has 1 amide bonds.